The normalized spacial score (nSPS) is 21.2. The highest BCUT2D eigenvalue weighted by Gasteiger charge is 2.40. The maximum Gasteiger partial charge on any atom is 0.230 e. The molecule has 2 aromatic rings. The number of amides is 1. The van der Waals surface area contributed by atoms with E-state index in [0.717, 1.165) is 40.8 Å². The first-order chi connectivity index (χ1) is 13.3. The lowest BCUT2D eigenvalue weighted by molar-refractivity contribution is -0.128. The third-order valence-corrected chi connectivity index (χ3v) is 6.42. The van der Waals surface area contributed by atoms with Gasteiger partial charge in [0.15, 0.2) is 5.17 Å². The van der Waals surface area contributed by atoms with Gasteiger partial charge >= 0.3 is 0 Å². The zero-order valence-corrected chi connectivity index (χ0v) is 16.0. The summed E-state index contributed by atoms with van der Waals surface area (Å²) < 4.78 is 5.40. The second-order valence-corrected chi connectivity index (χ2v) is 8.03. The standard InChI is InChI=1S/C22H20N2O2S/c1-26-16-8-10-17-15(13-16)7-9-18-20(17)23-22-24(19(25)11-12-27-22)21(18)14-5-3-2-4-6-14/h2-6,8,10,13,21H,7,9,11-12H2,1H3. The maximum absolute atomic E-state index is 12.8. The number of carbonyl (C=O) groups is 1. The van der Waals surface area contributed by atoms with Crippen molar-refractivity contribution in [1.82, 2.24) is 4.90 Å². The summed E-state index contributed by atoms with van der Waals surface area (Å²) in [5, 5.41) is 0.836. The summed E-state index contributed by atoms with van der Waals surface area (Å²) in [5.41, 5.74) is 5.89. The summed E-state index contributed by atoms with van der Waals surface area (Å²) in [6, 6.07) is 16.5. The molecule has 5 rings (SSSR count). The van der Waals surface area contributed by atoms with Crippen molar-refractivity contribution in [2.24, 2.45) is 4.99 Å². The predicted molar refractivity (Wildman–Crippen MR) is 109 cm³/mol. The summed E-state index contributed by atoms with van der Waals surface area (Å²) in [7, 11) is 1.70. The van der Waals surface area contributed by atoms with Crippen molar-refractivity contribution in [1.29, 1.82) is 0 Å². The summed E-state index contributed by atoms with van der Waals surface area (Å²) in [6.45, 7) is 0. The lowest BCUT2D eigenvalue weighted by Gasteiger charge is -2.41. The van der Waals surface area contributed by atoms with Gasteiger partial charge in [-0.2, -0.15) is 0 Å². The second kappa shape index (κ2) is 6.57. The van der Waals surface area contributed by atoms with Crippen LogP contribution < -0.4 is 4.74 Å². The van der Waals surface area contributed by atoms with Crippen LogP contribution in [0.4, 0.5) is 0 Å². The van der Waals surface area contributed by atoms with Gasteiger partial charge in [-0.25, -0.2) is 4.99 Å². The van der Waals surface area contributed by atoms with Crippen molar-refractivity contribution in [3.05, 3.63) is 70.8 Å². The number of hydrogen-bond acceptors (Lipinski definition) is 4. The van der Waals surface area contributed by atoms with Crippen LogP contribution in [0.2, 0.25) is 0 Å². The molecule has 0 aromatic heterocycles. The van der Waals surface area contributed by atoms with Crippen molar-refractivity contribution in [3.63, 3.8) is 0 Å². The number of hydrogen-bond donors (Lipinski definition) is 0. The van der Waals surface area contributed by atoms with E-state index >= 15 is 0 Å². The van der Waals surface area contributed by atoms with Gasteiger partial charge in [-0.3, -0.25) is 9.69 Å². The molecule has 1 unspecified atom stereocenters. The number of aryl methyl sites for hydroxylation is 1. The van der Waals surface area contributed by atoms with Gasteiger partial charge in [0, 0.05) is 17.7 Å². The Bertz CT molecular complexity index is 981. The number of benzene rings is 2. The summed E-state index contributed by atoms with van der Waals surface area (Å²) in [5.74, 6) is 1.85. The first-order valence-corrected chi connectivity index (χ1v) is 10.2. The number of aliphatic imine (C=N–C) groups is 1. The average Bonchev–Trinajstić information content (AvgIpc) is 2.72. The molecule has 2 aliphatic heterocycles. The van der Waals surface area contributed by atoms with Crippen molar-refractivity contribution in [3.8, 4) is 5.75 Å². The van der Waals surface area contributed by atoms with E-state index < -0.39 is 0 Å². The molecule has 1 fully saturated rings. The number of thioether (sulfide) groups is 1. The van der Waals surface area contributed by atoms with Crippen LogP contribution in [-0.4, -0.2) is 28.8 Å². The Labute approximate surface area is 162 Å². The first-order valence-electron chi connectivity index (χ1n) is 9.25. The number of fused-ring (bicyclic) bond motifs is 3. The Kier molecular flexibility index (Phi) is 4.05. The molecule has 3 aliphatic rings. The zero-order valence-electron chi connectivity index (χ0n) is 15.1. The topological polar surface area (TPSA) is 41.9 Å². The lowest BCUT2D eigenvalue weighted by Crippen LogP contribution is -2.45. The van der Waals surface area contributed by atoms with Crippen molar-refractivity contribution < 1.29 is 9.53 Å². The Balaban J connectivity index is 1.70. The van der Waals surface area contributed by atoms with Crippen LogP contribution in [0, 0.1) is 0 Å². The van der Waals surface area contributed by atoms with Gasteiger partial charge in [0.1, 0.15) is 5.75 Å². The minimum Gasteiger partial charge on any atom is -0.497 e. The van der Waals surface area contributed by atoms with Crippen molar-refractivity contribution >= 4 is 28.5 Å². The van der Waals surface area contributed by atoms with Crippen LogP contribution in [0.15, 0.2) is 59.1 Å². The molecule has 4 nitrogen and oxygen atoms in total. The van der Waals surface area contributed by atoms with E-state index in [9.17, 15) is 4.79 Å². The minimum atomic E-state index is -0.0516. The molecule has 0 spiro atoms. The summed E-state index contributed by atoms with van der Waals surface area (Å²) >= 11 is 1.68. The number of rotatable bonds is 2. The molecule has 1 atom stereocenters. The van der Waals surface area contributed by atoms with Crippen LogP contribution >= 0.6 is 11.8 Å². The third kappa shape index (κ3) is 2.69. The van der Waals surface area contributed by atoms with E-state index in [2.05, 4.69) is 24.3 Å². The van der Waals surface area contributed by atoms with Crippen molar-refractivity contribution in [2.75, 3.05) is 12.9 Å². The Hall–Kier alpha value is -2.53. The number of amidine groups is 1. The Morgan fingerprint density at radius 3 is 2.78 bits per heavy atom. The number of methoxy groups -OCH3 is 1. The fourth-order valence-corrected chi connectivity index (χ4v) is 5.16. The number of ether oxygens (including phenoxy) is 1. The SMILES string of the molecule is COc1ccc2c(c1)CCC1=C2N=C2SCCC(=O)N2C1c1ccccc1. The van der Waals surface area contributed by atoms with E-state index in [1.165, 1.54) is 16.7 Å². The minimum absolute atomic E-state index is 0.0516. The Morgan fingerprint density at radius 1 is 1.11 bits per heavy atom. The van der Waals surface area contributed by atoms with Crippen LogP contribution in [-0.2, 0) is 11.2 Å². The highest BCUT2D eigenvalue weighted by molar-refractivity contribution is 8.14. The van der Waals surface area contributed by atoms with Gasteiger partial charge in [-0.05, 0) is 47.7 Å². The smallest absolute Gasteiger partial charge is 0.230 e. The molecule has 2 heterocycles. The maximum atomic E-state index is 12.8. The van der Waals surface area contributed by atoms with Crippen LogP contribution in [0.25, 0.3) is 5.70 Å². The molecule has 1 amide bonds. The molecule has 1 saturated heterocycles. The van der Waals surface area contributed by atoms with Crippen LogP contribution in [0.5, 0.6) is 5.75 Å². The number of nitrogens with zero attached hydrogens (tertiary/aromatic N) is 2. The van der Waals surface area contributed by atoms with Gasteiger partial charge in [0.2, 0.25) is 5.91 Å². The lowest BCUT2D eigenvalue weighted by atomic mass is 9.82. The number of carbonyl (C=O) groups excluding carboxylic acids is 1. The molecule has 0 N–H and O–H groups in total. The molecular weight excluding hydrogens is 356 g/mol. The van der Waals surface area contributed by atoms with E-state index in [-0.39, 0.29) is 11.9 Å². The van der Waals surface area contributed by atoms with Gasteiger partial charge in [0.25, 0.3) is 0 Å². The van der Waals surface area contributed by atoms with Gasteiger partial charge in [-0.15, -0.1) is 0 Å². The zero-order chi connectivity index (χ0) is 18.4. The molecule has 2 aromatic carbocycles. The molecule has 1 aliphatic carbocycles. The van der Waals surface area contributed by atoms with Crippen molar-refractivity contribution in [2.45, 2.75) is 25.3 Å². The van der Waals surface area contributed by atoms with Gasteiger partial charge in [-0.1, -0.05) is 42.1 Å². The highest BCUT2D eigenvalue weighted by Crippen LogP contribution is 2.47. The molecule has 0 bridgehead atoms. The fourth-order valence-electron chi connectivity index (χ4n) is 4.20. The van der Waals surface area contributed by atoms with E-state index in [1.54, 1.807) is 18.9 Å². The monoisotopic (exact) mass is 376 g/mol. The Morgan fingerprint density at radius 2 is 1.96 bits per heavy atom. The molecule has 0 saturated carbocycles. The van der Waals surface area contributed by atoms with Gasteiger partial charge in [0.05, 0.1) is 18.8 Å². The van der Waals surface area contributed by atoms with E-state index in [0.29, 0.717) is 6.42 Å². The molecular formula is C22H20N2O2S. The second-order valence-electron chi connectivity index (χ2n) is 6.97. The summed E-state index contributed by atoms with van der Waals surface area (Å²) in [6.07, 6.45) is 2.42. The average molecular weight is 376 g/mol. The molecule has 5 heteroatoms. The van der Waals surface area contributed by atoms with Crippen LogP contribution in [0.1, 0.15) is 35.6 Å². The molecule has 136 valence electrons. The van der Waals surface area contributed by atoms with E-state index in [4.69, 9.17) is 9.73 Å². The molecule has 27 heavy (non-hydrogen) atoms. The third-order valence-electron chi connectivity index (χ3n) is 5.47. The fraction of sp³-hybridized carbons (Fsp3) is 0.273. The van der Waals surface area contributed by atoms with Gasteiger partial charge < -0.3 is 4.74 Å². The predicted octanol–water partition coefficient (Wildman–Crippen LogP) is 4.43. The largest absolute Gasteiger partial charge is 0.497 e. The molecule has 0 radical (unpaired) electrons. The first kappa shape index (κ1) is 16.6. The quantitative estimate of drug-likeness (QED) is 0.779. The highest BCUT2D eigenvalue weighted by atomic mass is 32.2. The van der Waals surface area contributed by atoms with Crippen LogP contribution in [0.3, 0.4) is 0 Å². The van der Waals surface area contributed by atoms with E-state index in [1.807, 2.05) is 29.2 Å². The summed E-state index contributed by atoms with van der Waals surface area (Å²) in [4.78, 5) is 19.7.